The van der Waals surface area contributed by atoms with E-state index in [1.165, 1.54) is 7.11 Å². The van der Waals surface area contributed by atoms with E-state index in [4.69, 9.17) is 9.15 Å². The molecule has 1 atom stereocenters. The molecule has 0 saturated heterocycles. The van der Waals surface area contributed by atoms with Gasteiger partial charge in [-0.05, 0) is 25.1 Å². The second-order valence-corrected chi connectivity index (χ2v) is 5.71. The highest BCUT2D eigenvalue weighted by atomic mass is 19.4. The maximum atomic E-state index is 12.5. The van der Waals surface area contributed by atoms with Crippen molar-refractivity contribution in [1.82, 2.24) is 15.1 Å². The van der Waals surface area contributed by atoms with Gasteiger partial charge in [-0.3, -0.25) is 9.48 Å². The van der Waals surface area contributed by atoms with Crippen LogP contribution in [0.2, 0.25) is 0 Å². The van der Waals surface area contributed by atoms with E-state index in [2.05, 4.69) is 10.4 Å². The number of halogens is 3. The standard InChI is InChI=1S/C17H16F3N3O3/c1-10(13-8-11-4-3-5-12(25-2)16(11)26-13)21-15(24)9-23-7-6-14(22-23)17(18,19)20/h3-8,10H,9H2,1-2H3,(H,21,24)/t10-/m1/s1. The molecule has 2 heterocycles. The first kappa shape index (κ1) is 17.8. The molecule has 1 N–H and O–H groups in total. The summed E-state index contributed by atoms with van der Waals surface area (Å²) >= 11 is 0. The zero-order valence-corrected chi connectivity index (χ0v) is 14.0. The van der Waals surface area contributed by atoms with Crippen molar-refractivity contribution in [2.75, 3.05) is 7.11 Å². The van der Waals surface area contributed by atoms with Crippen molar-refractivity contribution in [2.24, 2.45) is 0 Å². The number of hydrogen-bond acceptors (Lipinski definition) is 4. The lowest BCUT2D eigenvalue weighted by atomic mass is 10.2. The molecule has 26 heavy (non-hydrogen) atoms. The molecule has 0 saturated carbocycles. The number of hydrogen-bond donors (Lipinski definition) is 1. The minimum atomic E-state index is -4.54. The molecule has 3 rings (SSSR count). The number of methoxy groups -OCH3 is 1. The van der Waals surface area contributed by atoms with Crippen molar-refractivity contribution in [2.45, 2.75) is 25.7 Å². The minimum absolute atomic E-state index is 0.329. The van der Waals surface area contributed by atoms with Gasteiger partial charge in [0.1, 0.15) is 12.3 Å². The van der Waals surface area contributed by atoms with Crippen LogP contribution in [-0.4, -0.2) is 22.8 Å². The van der Waals surface area contributed by atoms with Crippen LogP contribution in [0.25, 0.3) is 11.0 Å². The van der Waals surface area contributed by atoms with Crippen LogP contribution in [-0.2, 0) is 17.5 Å². The number of nitrogens with zero attached hydrogens (tertiary/aromatic N) is 2. The maximum absolute atomic E-state index is 12.5. The van der Waals surface area contributed by atoms with Gasteiger partial charge in [-0.1, -0.05) is 12.1 Å². The summed E-state index contributed by atoms with van der Waals surface area (Å²) in [5.41, 5.74) is -0.476. The van der Waals surface area contributed by atoms with E-state index in [0.717, 1.165) is 22.3 Å². The second-order valence-electron chi connectivity index (χ2n) is 5.71. The van der Waals surface area contributed by atoms with Gasteiger partial charge in [0.15, 0.2) is 17.0 Å². The zero-order valence-electron chi connectivity index (χ0n) is 14.0. The smallest absolute Gasteiger partial charge is 0.435 e. The number of ether oxygens (including phenoxy) is 1. The first-order valence-corrected chi connectivity index (χ1v) is 7.74. The second kappa shape index (κ2) is 6.74. The third-order valence-electron chi connectivity index (χ3n) is 3.79. The molecule has 9 heteroatoms. The molecular weight excluding hydrogens is 351 g/mol. The zero-order chi connectivity index (χ0) is 18.9. The predicted octanol–water partition coefficient (Wildman–Crippen LogP) is 3.53. The molecule has 0 aliphatic carbocycles. The Hall–Kier alpha value is -2.97. The number of carbonyl (C=O) groups excluding carboxylic acids is 1. The molecule has 0 radical (unpaired) electrons. The minimum Gasteiger partial charge on any atom is -0.493 e. The van der Waals surface area contributed by atoms with E-state index in [1.54, 1.807) is 19.1 Å². The number of furan rings is 1. The van der Waals surface area contributed by atoms with E-state index in [9.17, 15) is 18.0 Å². The van der Waals surface area contributed by atoms with Crippen LogP contribution in [0.15, 0.2) is 40.9 Å². The average Bonchev–Trinajstić information content (AvgIpc) is 3.20. The van der Waals surface area contributed by atoms with Gasteiger partial charge in [0.2, 0.25) is 5.91 Å². The Labute approximate surface area is 146 Å². The van der Waals surface area contributed by atoms with Crippen molar-refractivity contribution < 1.29 is 27.1 Å². The van der Waals surface area contributed by atoms with Crippen LogP contribution in [0.5, 0.6) is 5.75 Å². The first-order chi connectivity index (χ1) is 12.3. The molecule has 1 aromatic carbocycles. The molecule has 0 unspecified atom stereocenters. The summed E-state index contributed by atoms with van der Waals surface area (Å²) in [6.07, 6.45) is -3.43. The Morgan fingerprint density at radius 1 is 1.38 bits per heavy atom. The van der Waals surface area contributed by atoms with Gasteiger partial charge in [-0.25, -0.2) is 0 Å². The summed E-state index contributed by atoms with van der Waals surface area (Å²) in [7, 11) is 1.53. The molecule has 3 aromatic rings. The Balaban J connectivity index is 1.68. The van der Waals surface area contributed by atoms with Gasteiger partial charge < -0.3 is 14.5 Å². The third-order valence-corrected chi connectivity index (χ3v) is 3.79. The Bertz CT molecular complexity index is 930. The topological polar surface area (TPSA) is 69.3 Å². The van der Waals surface area contributed by atoms with Crippen LogP contribution < -0.4 is 10.1 Å². The number of nitrogens with one attached hydrogen (secondary N) is 1. The molecule has 138 valence electrons. The Kier molecular flexibility index (Phi) is 4.62. The van der Waals surface area contributed by atoms with Gasteiger partial charge in [0, 0.05) is 11.6 Å². The molecule has 1 amide bonds. The fourth-order valence-corrected chi connectivity index (χ4v) is 2.54. The summed E-state index contributed by atoms with van der Waals surface area (Å²) in [6.45, 7) is 1.39. The average molecular weight is 367 g/mol. The number of carbonyl (C=O) groups is 1. The van der Waals surface area contributed by atoms with Crippen LogP contribution in [0.1, 0.15) is 24.4 Å². The SMILES string of the molecule is COc1cccc2cc([C@@H](C)NC(=O)Cn3ccc(C(F)(F)F)n3)oc12. The van der Waals surface area contributed by atoms with E-state index in [0.29, 0.717) is 17.1 Å². The van der Waals surface area contributed by atoms with E-state index < -0.39 is 23.8 Å². The number of alkyl halides is 3. The maximum Gasteiger partial charge on any atom is 0.435 e. The largest absolute Gasteiger partial charge is 0.493 e. The van der Waals surface area contributed by atoms with Crippen molar-refractivity contribution in [3.05, 3.63) is 48.0 Å². The van der Waals surface area contributed by atoms with E-state index >= 15 is 0 Å². The van der Waals surface area contributed by atoms with Gasteiger partial charge in [0.05, 0.1) is 13.2 Å². The van der Waals surface area contributed by atoms with E-state index in [1.807, 2.05) is 12.1 Å². The summed E-state index contributed by atoms with van der Waals surface area (Å²) in [6, 6.07) is 7.55. The van der Waals surface area contributed by atoms with Crippen molar-refractivity contribution in [3.8, 4) is 5.75 Å². The predicted molar refractivity (Wildman–Crippen MR) is 86.6 cm³/mol. The van der Waals surface area contributed by atoms with Crippen LogP contribution in [0.4, 0.5) is 13.2 Å². The molecule has 0 aliphatic heterocycles. The molecule has 2 aromatic heterocycles. The monoisotopic (exact) mass is 367 g/mol. The molecule has 6 nitrogen and oxygen atoms in total. The first-order valence-electron chi connectivity index (χ1n) is 7.74. The highest BCUT2D eigenvalue weighted by Gasteiger charge is 2.33. The fraction of sp³-hybridized carbons (Fsp3) is 0.294. The lowest BCUT2D eigenvalue weighted by molar-refractivity contribution is -0.141. The van der Waals surface area contributed by atoms with Crippen molar-refractivity contribution >= 4 is 16.9 Å². The molecular formula is C17H16F3N3O3. The van der Waals surface area contributed by atoms with E-state index in [-0.39, 0.29) is 6.54 Å². The lowest BCUT2D eigenvalue weighted by Gasteiger charge is -2.11. The third kappa shape index (κ3) is 3.66. The molecule has 0 fully saturated rings. The van der Waals surface area contributed by atoms with Crippen LogP contribution >= 0.6 is 0 Å². The normalized spacial score (nSPS) is 13.0. The number of fused-ring (bicyclic) bond motifs is 1. The quantitative estimate of drug-likeness (QED) is 0.749. The van der Waals surface area contributed by atoms with Gasteiger partial charge >= 0.3 is 6.18 Å². The molecule has 0 spiro atoms. The van der Waals surface area contributed by atoms with Crippen LogP contribution in [0.3, 0.4) is 0 Å². The number of para-hydroxylation sites is 1. The van der Waals surface area contributed by atoms with Crippen molar-refractivity contribution in [1.29, 1.82) is 0 Å². The molecule has 0 aliphatic rings. The summed E-state index contributed by atoms with van der Waals surface area (Å²) in [5, 5.41) is 6.85. The Morgan fingerprint density at radius 3 is 2.81 bits per heavy atom. The summed E-state index contributed by atoms with van der Waals surface area (Å²) in [5.74, 6) is 0.597. The van der Waals surface area contributed by atoms with Gasteiger partial charge in [0.25, 0.3) is 0 Å². The summed E-state index contributed by atoms with van der Waals surface area (Å²) < 4.78 is 49.5. The number of rotatable bonds is 5. The number of amides is 1. The number of benzene rings is 1. The van der Waals surface area contributed by atoms with Gasteiger partial charge in [-0.15, -0.1) is 0 Å². The molecule has 0 bridgehead atoms. The Morgan fingerprint density at radius 2 is 2.15 bits per heavy atom. The number of aromatic nitrogens is 2. The lowest BCUT2D eigenvalue weighted by Crippen LogP contribution is -2.30. The van der Waals surface area contributed by atoms with Gasteiger partial charge in [-0.2, -0.15) is 18.3 Å². The fourth-order valence-electron chi connectivity index (χ4n) is 2.54. The van der Waals surface area contributed by atoms with Crippen molar-refractivity contribution in [3.63, 3.8) is 0 Å². The van der Waals surface area contributed by atoms with Crippen LogP contribution in [0, 0.1) is 0 Å². The highest BCUT2D eigenvalue weighted by Crippen LogP contribution is 2.31. The highest BCUT2D eigenvalue weighted by molar-refractivity contribution is 5.84. The summed E-state index contributed by atoms with van der Waals surface area (Å²) in [4.78, 5) is 12.1.